The molecule has 2 heterocycles. The molecule has 25 heavy (non-hydrogen) atoms. The average molecular weight is 343 g/mol. The minimum Gasteiger partial charge on any atom is -0.497 e. The van der Waals surface area contributed by atoms with Gasteiger partial charge >= 0.3 is 0 Å². The number of carbonyl (C=O) groups excluding carboxylic acids is 1. The van der Waals surface area contributed by atoms with Gasteiger partial charge < -0.3 is 4.74 Å². The molecule has 0 bridgehead atoms. The number of ether oxygens (including phenoxy) is 1. The maximum absolute atomic E-state index is 13.1. The highest BCUT2D eigenvalue weighted by atomic mass is 32.1. The van der Waals surface area contributed by atoms with Crippen molar-refractivity contribution >= 4 is 28.0 Å². The fourth-order valence-electron chi connectivity index (χ4n) is 3.50. The Kier molecular flexibility index (Phi) is 3.02. The summed E-state index contributed by atoms with van der Waals surface area (Å²) in [5, 5.41) is 2.96. The summed E-state index contributed by atoms with van der Waals surface area (Å²) >= 11 is 1.60. The monoisotopic (exact) mass is 343 g/mol. The van der Waals surface area contributed by atoms with Crippen LogP contribution in [0.1, 0.15) is 15.9 Å². The summed E-state index contributed by atoms with van der Waals surface area (Å²) < 4.78 is 5.39. The third-order valence-corrected chi connectivity index (χ3v) is 5.49. The van der Waals surface area contributed by atoms with Crippen LogP contribution < -0.4 is 4.74 Å². The Morgan fingerprint density at radius 1 is 0.960 bits per heavy atom. The van der Waals surface area contributed by atoms with Gasteiger partial charge in [-0.1, -0.05) is 30.3 Å². The van der Waals surface area contributed by atoms with Crippen molar-refractivity contribution in [3.63, 3.8) is 0 Å². The van der Waals surface area contributed by atoms with Crippen molar-refractivity contribution in [1.82, 2.24) is 4.98 Å². The molecule has 0 unspecified atom stereocenters. The molecule has 0 aliphatic heterocycles. The van der Waals surface area contributed by atoms with E-state index >= 15 is 0 Å². The zero-order valence-corrected chi connectivity index (χ0v) is 14.3. The molecule has 0 fully saturated rings. The molecule has 120 valence electrons. The van der Waals surface area contributed by atoms with Gasteiger partial charge in [-0.25, -0.2) is 4.98 Å². The van der Waals surface area contributed by atoms with Crippen LogP contribution in [-0.2, 0) is 0 Å². The number of pyridine rings is 1. The summed E-state index contributed by atoms with van der Waals surface area (Å²) in [6.45, 7) is 0. The Morgan fingerprint density at radius 3 is 2.56 bits per heavy atom. The first-order valence-electron chi connectivity index (χ1n) is 7.97. The number of carbonyl (C=O) groups is 1. The third kappa shape index (κ3) is 1.98. The van der Waals surface area contributed by atoms with Crippen molar-refractivity contribution < 1.29 is 9.53 Å². The minimum absolute atomic E-state index is 0.0474. The number of ketones is 1. The smallest absolute Gasteiger partial charge is 0.196 e. The molecule has 5 rings (SSSR count). The highest BCUT2D eigenvalue weighted by molar-refractivity contribution is 7.13. The van der Waals surface area contributed by atoms with E-state index in [9.17, 15) is 4.79 Å². The number of rotatable bonds is 2. The number of nitrogens with zero attached hydrogens (tertiary/aromatic N) is 1. The normalized spacial score (nSPS) is 12.3. The summed E-state index contributed by atoms with van der Waals surface area (Å²) in [6.07, 6.45) is 0. The maximum atomic E-state index is 13.1. The maximum Gasteiger partial charge on any atom is 0.196 e. The minimum atomic E-state index is 0.0474. The van der Waals surface area contributed by atoms with Crippen LogP contribution in [0.4, 0.5) is 0 Å². The van der Waals surface area contributed by atoms with Crippen LogP contribution in [0.15, 0.2) is 60.0 Å². The third-order valence-electron chi connectivity index (χ3n) is 4.61. The highest BCUT2D eigenvalue weighted by Gasteiger charge is 2.32. The molecular weight excluding hydrogens is 330 g/mol. The number of fused-ring (bicyclic) bond motifs is 5. The topological polar surface area (TPSA) is 39.2 Å². The molecule has 4 heteroatoms. The standard InChI is InChI=1S/C21H13NO2S/c1-24-12-8-9-16-15(11-12)18-13-5-2-3-6-14(13)21(23)19(18)20(22-16)17-7-4-10-25-17/h2-11H,1H3. The van der Waals surface area contributed by atoms with Crippen molar-refractivity contribution in [2.75, 3.05) is 7.11 Å². The van der Waals surface area contributed by atoms with Crippen LogP contribution in [-0.4, -0.2) is 17.9 Å². The van der Waals surface area contributed by atoms with E-state index in [4.69, 9.17) is 9.72 Å². The summed E-state index contributed by atoms with van der Waals surface area (Å²) in [7, 11) is 1.65. The van der Waals surface area contributed by atoms with E-state index in [2.05, 4.69) is 0 Å². The molecule has 0 saturated carbocycles. The van der Waals surface area contributed by atoms with Gasteiger partial charge in [-0.15, -0.1) is 11.3 Å². The van der Waals surface area contributed by atoms with Crippen molar-refractivity contribution in [2.24, 2.45) is 0 Å². The second kappa shape index (κ2) is 5.26. The zero-order chi connectivity index (χ0) is 17.0. The molecule has 4 aromatic rings. The number of aromatic nitrogens is 1. The first-order chi connectivity index (χ1) is 12.3. The molecule has 3 nitrogen and oxygen atoms in total. The first-order valence-corrected chi connectivity index (χ1v) is 8.85. The molecular formula is C21H13NO2S. The molecule has 1 aliphatic rings. The van der Waals surface area contributed by atoms with Crippen molar-refractivity contribution in [2.45, 2.75) is 0 Å². The summed E-state index contributed by atoms with van der Waals surface area (Å²) in [6, 6.07) is 17.6. The van der Waals surface area contributed by atoms with Gasteiger partial charge in [-0.2, -0.15) is 0 Å². The molecule has 2 aromatic carbocycles. The molecule has 2 aromatic heterocycles. The van der Waals surface area contributed by atoms with E-state index in [1.807, 2.05) is 60.0 Å². The largest absolute Gasteiger partial charge is 0.497 e. The van der Waals surface area contributed by atoms with E-state index in [1.165, 1.54) is 0 Å². The van der Waals surface area contributed by atoms with Gasteiger partial charge in [0.1, 0.15) is 5.75 Å². The van der Waals surface area contributed by atoms with E-state index in [-0.39, 0.29) is 5.78 Å². The quantitative estimate of drug-likeness (QED) is 0.443. The molecule has 0 amide bonds. The summed E-state index contributed by atoms with van der Waals surface area (Å²) in [5.41, 5.74) is 5.02. The Balaban J connectivity index is 1.97. The van der Waals surface area contributed by atoms with Crippen molar-refractivity contribution in [1.29, 1.82) is 0 Å². The lowest BCUT2D eigenvalue weighted by atomic mass is 9.98. The Labute approximate surface area is 148 Å². The van der Waals surface area contributed by atoms with E-state index in [0.29, 0.717) is 5.56 Å². The Morgan fingerprint density at radius 2 is 1.80 bits per heavy atom. The van der Waals surface area contributed by atoms with E-state index in [0.717, 1.165) is 43.9 Å². The number of benzene rings is 2. The number of methoxy groups -OCH3 is 1. The predicted molar refractivity (Wildman–Crippen MR) is 100 cm³/mol. The second-order valence-corrected chi connectivity index (χ2v) is 6.89. The predicted octanol–water partition coefficient (Wildman–Crippen LogP) is 5.18. The summed E-state index contributed by atoms with van der Waals surface area (Å²) in [4.78, 5) is 19.0. The van der Waals surface area contributed by atoms with Crippen LogP contribution in [0, 0.1) is 0 Å². The molecule has 0 radical (unpaired) electrons. The van der Waals surface area contributed by atoms with Crippen LogP contribution >= 0.6 is 11.3 Å². The lowest BCUT2D eigenvalue weighted by molar-refractivity contribution is 0.104. The lowest BCUT2D eigenvalue weighted by Gasteiger charge is -2.11. The average Bonchev–Trinajstić information content (AvgIpc) is 3.29. The fourth-order valence-corrected chi connectivity index (χ4v) is 4.22. The van der Waals surface area contributed by atoms with Crippen LogP contribution in [0.5, 0.6) is 5.75 Å². The number of hydrogen-bond acceptors (Lipinski definition) is 4. The fraction of sp³-hybridized carbons (Fsp3) is 0.0476. The zero-order valence-electron chi connectivity index (χ0n) is 13.4. The van der Waals surface area contributed by atoms with E-state index < -0.39 is 0 Å². The Bertz CT molecular complexity index is 1150. The van der Waals surface area contributed by atoms with Crippen LogP contribution in [0.3, 0.4) is 0 Å². The van der Waals surface area contributed by atoms with Crippen LogP contribution in [0.25, 0.3) is 32.6 Å². The van der Waals surface area contributed by atoms with Gasteiger partial charge in [0, 0.05) is 16.5 Å². The van der Waals surface area contributed by atoms with Crippen molar-refractivity contribution in [3.8, 4) is 27.4 Å². The molecule has 0 atom stereocenters. The van der Waals surface area contributed by atoms with E-state index in [1.54, 1.807) is 18.4 Å². The van der Waals surface area contributed by atoms with Gasteiger partial charge in [0.15, 0.2) is 5.78 Å². The highest BCUT2D eigenvalue weighted by Crippen LogP contribution is 2.45. The van der Waals surface area contributed by atoms with Gasteiger partial charge in [0.25, 0.3) is 0 Å². The van der Waals surface area contributed by atoms with Gasteiger partial charge in [0.05, 0.1) is 28.8 Å². The van der Waals surface area contributed by atoms with Crippen molar-refractivity contribution in [3.05, 3.63) is 71.1 Å². The summed E-state index contributed by atoms with van der Waals surface area (Å²) in [5.74, 6) is 0.809. The molecule has 0 spiro atoms. The number of thiophene rings is 1. The van der Waals surface area contributed by atoms with Crippen LogP contribution in [0.2, 0.25) is 0 Å². The number of hydrogen-bond donors (Lipinski definition) is 0. The van der Waals surface area contributed by atoms with Gasteiger partial charge in [0.2, 0.25) is 0 Å². The van der Waals surface area contributed by atoms with Gasteiger partial charge in [-0.05, 0) is 35.2 Å². The second-order valence-electron chi connectivity index (χ2n) is 5.95. The molecule has 0 saturated heterocycles. The first kappa shape index (κ1) is 14.4. The lowest BCUT2D eigenvalue weighted by Crippen LogP contribution is -2.00. The molecule has 1 aliphatic carbocycles. The SMILES string of the molecule is COc1ccc2nc(-c3cccs3)c3c(c2c1)-c1ccccc1C3=O. The molecule has 0 N–H and O–H groups in total. The Hall–Kier alpha value is -2.98. The van der Waals surface area contributed by atoms with Gasteiger partial charge in [-0.3, -0.25) is 4.79 Å².